The molecule has 0 aliphatic heterocycles. The minimum absolute atomic E-state index is 0.00134. The van der Waals surface area contributed by atoms with Crippen molar-refractivity contribution in [1.82, 2.24) is 5.32 Å². The molecular formula is C20H24N2O3. The number of rotatable bonds is 8. The molecule has 5 heteroatoms. The molecule has 0 aliphatic rings. The Morgan fingerprint density at radius 1 is 1.00 bits per heavy atom. The van der Waals surface area contributed by atoms with Crippen molar-refractivity contribution in [3.63, 3.8) is 0 Å². The molecule has 0 heterocycles. The molecule has 0 fully saturated rings. The first kappa shape index (κ1) is 18.5. The molecular weight excluding hydrogens is 316 g/mol. The van der Waals surface area contributed by atoms with Crippen molar-refractivity contribution in [2.24, 2.45) is 0 Å². The van der Waals surface area contributed by atoms with Gasteiger partial charge in [0.15, 0.2) is 0 Å². The van der Waals surface area contributed by atoms with Crippen LogP contribution in [0.5, 0.6) is 5.75 Å². The fraction of sp³-hybridized carbons (Fsp3) is 0.300. The third kappa shape index (κ3) is 5.95. The van der Waals surface area contributed by atoms with Crippen LogP contribution in [0.25, 0.3) is 0 Å². The van der Waals surface area contributed by atoms with E-state index in [0.29, 0.717) is 24.2 Å². The van der Waals surface area contributed by atoms with E-state index >= 15 is 0 Å². The van der Waals surface area contributed by atoms with Gasteiger partial charge in [-0.2, -0.15) is 0 Å². The standard InChI is InChI=1S/C20H24N2O3/c1-3-4-5-19(23)22-17-10-8-16(9-11-17)20(24)21-14-15-6-12-18(25-2)13-7-15/h6-13H,3-5,14H2,1-2H3,(H,21,24)(H,22,23). The molecule has 0 atom stereocenters. The Labute approximate surface area is 148 Å². The fourth-order valence-electron chi connectivity index (χ4n) is 2.29. The number of amides is 2. The average Bonchev–Trinajstić information content (AvgIpc) is 2.65. The number of benzene rings is 2. The average molecular weight is 340 g/mol. The molecule has 2 aromatic carbocycles. The molecule has 2 rings (SSSR count). The maximum Gasteiger partial charge on any atom is 0.251 e. The van der Waals surface area contributed by atoms with Crippen LogP contribution in [0, 0.1) is 0 Å². The van der Waals surface area contributed by atoms with Gasteiger partial charge in [0.05, 0.1) is 7.11 Å². The van der Waals surface area contributed by atoms with Crippen LogP contribution in [0.15, 0.2) is 48.5 Å². The molecule has 0 aliphatic carbocycles. The third-order valence-electron chi connectivity index (χ3n) is 3.80. The normalized spacial score (nSPS) is 10.2. The maximum absolute atomic E-state index is 12.2. The van der Waals surface area contributed by atoms with Crippen molar-refractivity contribution in [1.29, 1.82) is 0 Å². The summed E-state index contributed by atoms with van der Waals surface area (Å²) in [6.07, 6.45) is 2.37. The lowest BCUT2D eigenvalue weighted by atomic mass is 10.1. The van der Waals surface area contributed by atoms with Gasteiger partial charge in [-0.25, -0.2) is 0 Å². The van der Waals surface area contributed by atoms with Crippen LogP contribution in [0.3, 0.4) is 0 Å². The van der Waals surface area contributed by atoms with E-state index < -0.39 is 0 Å². The Bertz CT molecular complexity index is 694. The first-order valence-electron chi connectivity index (χ1n) is 8.43. The second kappa shape index (κ2) is 9.47. The number of hydrogen-bond donors (Lipinski definition) is 2. The van der Waals surface area contributed by atoms with Gasteiger partial charge in [-0.05, 0) is 48.4 Å². The molecule has 5 nitrogen and oxygen atoms in total. The van der Waals surface area contributed by atoms with Gasteiger partial charge in [0.2, 0.25) is 5.91 Å². The summed E-state index contributed by atoms with van der Waals surface area (Å²) in [6, 6.07) is 14.4. The molecule has 0 unspecified atom stereocenters. The lowest BCUT2D eigenvalue weighted by Crippen LogP contribution is -2.22. The van der Waals surface area contributed by atoms with Gasteiger partial charge in [-0.1, -0.05) is 25.5 Å². The second-order valence-corrected chi connectivity index (χ2v) is 5.76. The van der Waals surface area contributed by atoms with Crippen molar-refractivity contribution < 1.29 is 14.3 Å². The van der Waals surface area contributed by atoms with Gasteiger partial charge in [0.1, 0.15) is 5.75 Å². The molecule has 2 amide bonds. The number of methoxy groups -OCH3 is 1. The zero-order chi connectivity index (χ0) is 18.1. The lowest BCUT2D eigenvalue weighted by Gasteiger charge is -2.08. The summed E-state index contributed by atoms with van der Waals surface area (Å²) < 4.78 is 5.11. The number of unbranched alkanes of at least 4 members (excludes halogenated alkanes) is 1. The number of anilines is 1. The van der Waals surface area contributed by atoms with Crippen LogP contribution in [0.4, 0.5) is 5.69 Å². The highest BCUT2D eigenvalue weighted by Gasteiger charge is 2.07. The van der Waals surface area contributed by atoms with E-state index in [1.807, 2.05) is 31.2 Å². The van der Waals surface area contributed by atoms with Gasteiger partial charge >= 0.3 is 0 Å². The van der Waals surface area contributed by atoms with Crippen molar-refractivity contribution in [2.75, 3.05) is 12.4 Å². The Balaban J connectivity index is 1.85. The highest BCUT2D eigenvalue weighted by atomic mass is 16.5. The summed E-state index contributed by atoms with van der Waals surface area (Å²) in [6.45, 7) is 2.49. The van der Waals surface area contributed by atoms with Crippen LogP contribution in [-0.4, -0.2) is 18.9 Å². The molecule has 0 radical (unpaired) electrons. The Morgan fingerprint density at radius 2 is 1.68 bits per heavy atom. The minimum atomic E-state index is -0.153. The van der Waals surface area contributed by atoms with Crippen LogP contribution in [0.2, 0.25) is 0 Å². The van der Waals surface area contributed by atoms with Crippen LogP contribution >= 0.6 is 0 Å². The predicted octanol–water partition coefficient (Wildman–Crippen LogP) is 3.75. The topological polar surface area (TPSA) is 67.4 Å². The fourth-order valence-corrected chi connectivity index (χ4v) is 2.29. The summed E-state index contributed by atoms with van der Waals surface area (Å²) in [5.41, 5.74) is 2.25. The summed E-state index contributed by atoms with van der Waals surface area (Å²) in [5, 5.41) is 5.70. The van der Waals surface area contributed by atoms with Crippen molar-refractivity contribution in [3.05, 3.63) is 59.7 Å². The van der Waals surface area contributed by atoms with Gasteiger partial charge in [0, 0.05) is 24.2 Å². The molecule has 0 spiro atoms. The molecule has 2 aromatic rings. The van der Waals surface area contributed by atoms with Gasteiger partial charge in [-0.15, -0.1) is 0 Å². The van der Waals surface area contributed by atoms with Crippen LogP contribution in [0.1, 0.15) is 42.1 Å². The van der Waals surface area contributed by atoms with Crippen molar-refractivity contribution in [2.45, 2.75) is 32.7 Å². The first-order valence-corrected chi connectivity index (χ1v) is 8.43. The summed E-state index contributed by atoms with van der Waals surface area (Å²) in [5.74, 6) is 0.630. The van der Waals surface area contributed by atoms with Crippen LogP contribution in [-0.2, 0) is 11.3 Å². The van der Waals surface area contributed by atoms with Crippen molar-refractivity contribution >= 4 is 17.5 Å². The number of carbonyl (C=O) groups is 2. The smallest absolute Gasteiger partial charge is 0.251 e. The lowest BCUT2D eigenvalue weighted by molar-refractivity contribution is -0.116. The van der Waals surface area contributed by atoms with E-state index in [1.54, 1.807) is 31.4 Å². The molecule has 0 saturated carbocycles. The number of nitrogens with one attached hydrogen (secondary N) is 2. The highest BCUT2D eigenvalue weighted by Crippen LogP contribution is 2.13. The van der Waals surface area contributed by atoms with E-state index in [0.717, 1.165) is 24.2 Å². The number of carbonyl (C=O) groups excluding carboxylic acids is 2. The Hall–Kier alpha value is -2.82. The molecule has 132 valence electrons. The van der Waals surface area contributed by atoms with E-state index in [9.17, 15) is 9.59 Å². The SMILES string of the molecule is CCCCC(=O)Nc1ccc(C(=O)NCc2ccc(OC)cc2)cc1. The summed E-state index contributed by atoms with van der Waals surface area (Å²) in [4.78, 5) is 23.9. The predicted molar refractivity (Wildman–Crippen MR) is 98.8 cm³/mol. The van der Waals surface area contributed by atoms with Gasteiger partial charge in [-0.3, -0.25) is 9.59 Å². The third-order valence-corrected chi connectivity index (χ3v) is 3.80. The number of ether oxygens (including phenoxy) is 1. The van der Waals surface area contributed by atoms with E-state index in [1.165, 1.54) is 0 Å². The number of hydrogen-bond acceptors (Lipinski definition) is 3. The molecule has 0 bridgehead atoms. The Morgan fingerprint density at radius 3 is 2.28 bits per heavy atom. The highest BCUT2D eigenvalue weighted by molar-refractivity contribution is 5.95. The summed E-state index contributed by atoms with van der Waals surface area (Å²) >= 11 is 0. The van der Waals surface area contributed by atoms with Crippen molar-refractivity contribution in [3.8, 4) is 5.75 Å². The first-order chi connectivity index (χ1) is 12.1. The van der Waals surface area contributed by atoms with E-state index in [2.05, 4.69) is 10.6 Å². The minimum Gasteiger partial charge on any atom is -0.497 e. The van der Waals surface area contributed by atoms with Gasteiger partial charge in [0.25, 0.3) is 5.91 Å². The monoisotopic (exact) mass is 340 g/mol. The van der Waals surface area contributed by atoms with Crippen LogP contribution < -0.4 is 15.4 Å². The molecule has 2 N–H and O–H groups in total. The zero-order valence-electron chi connectivity index (χ0n) is 14.7. The zero-order valence-corrected chi connectivity index (χ0v) is 14.7. The second-order valence-electron chi connectivity index (χ2n) is 5.76. The Kier molecular flexibility index (Phi) is 7.01. The van der Waals surface area contributed by atoms with Gasteiger partial charge < -0.3 is 15.4 Å². The molecule has 0 saturated heterocycles. The quantitative estimate of drug-likeness (QED) is 0.769. The summed E-state index contributed by atoms with van der Waals surface area (Å²) in [7, 11) is 1.62. The van der Waals surface area contributed by atoms with E-state index in [4.69, 9.17) is 4.74 Å². The van der Waals surface area contributed by atoms with E-state index in [-0.39, 0.29) is 11.8 Å². The largest absolute Gasteiger partial charge is 0.497 e. The molecule has 0 aromatic heterocycles. The molecule has 25 heavy (non-hydrogen) atoms. The maximum atomic E-state index is 12.2.